The third-order valence-corrected chi connectivity index (χ3v) is 2.43. The summed E-state index contributed by atoms with van der Waals surface area (Å²) < 4.78 is 0. The number of anilines is 1. The van der Waals surface area contributed by atoms with E-state index < -0.39 is 0 Å². The Bertz CT molecular complexity index is 334. The van der Waals surface area contributed by atoms with Crippen molar-refractivity contribution < 1.29 is 4.79 Å². The summed E-state index contributed by atoms with van der Waals surface area (Å²) in [4.78, 5) is 22.9. The van der Waals surface area contributed by atoms with E-state index in [1.165, 1.54) is 0 Å². The van der Waals surface area contributed by atoms with Crippen LogP contribution in [0.1, 0.15) is 0 Å². The van der Waals surface area contributed by atoms with Crippen LogP contribution in [0.3, 0.4) is 0 Å². The van der Waals surface area contributed by atoms with Gasteiger partial charge in [0.15, 0.2) is 0 Å². The van der Waals surface area contributed by atoms with Gasteiger partial charge in [0.05, 0.1) is 0 Å². The van der Waals surface area contributed by atoms with Crippen molar-refractivity contribution in [3.05, 3.63) is 18.5 Å². The first kappa shape index (κ1) is 9.70. The van der Waals surface area contributed by atoms with Crippen molar-refractivity contribution in [3.63, 3.8) is 0 Å². The zero-order valence-corrected chi connectivity index (χ0v) is 8.33. The number of hydrogen-bond donors (Lipinski definition) is 1. The molecule has 1 aromatic heterocycles. The zero-order valence-electron chi connectivity index (χ0n) is 8.33. The second-order valence-corrected chi connectivity index (χ2v) is 3.36. The Balaban J connectivity index is 1.97. The number of nitrogens with zero attached hydrogens (tertiary/aromatic N) is 4. The minimum absolute atomic E-state index is 0.358. The Hall–Kier alpha value is -1.85. The Morgan fingerprint density at radius 1 is 1.20 bits per heavy atom. The van der Waals surface area contributed by atoms with Gasteiger partial charge in [0, 0.05) is 38.6 Å². The predicted octanol–water partition coefficient (Wildman–Crippen LogP) is -0.323. The maximum Gasteiger partial charge on any atom is 0.314 e. The lowest BCUT2D eigenvalue weighted by Gasteiger charge is -2.33. The van der Waals surface area contributed by atoms with Crippen molar-refractivity contribution in [2.75, 3.05) is 31.1 Å². The third kappa shape index (κ3) is 2.15. The fraction of sp³-hybridized carbons (Fsp3) is 0.444. The smallest absolute Gasteiger partial charge is 0.314 e. The van der Waals surface area contributed by atoms with Crippen LogP contribution in [0, 0.1) is 0 Å². The van der Waals surface area contributed by atoms with Gasteiger partial charge in [-0.15, -0.1) is 0 Å². The molecule has 15 heavy (non-hydrogen) atoms. The van der Waals surface area contributed by atoms with Crippen molar-refractivity contribution >= 4 is 12.0 Å². The maximum atomic E-state index is 10.9. The molecule has 80 valence electrons. The number of carbonyl (C=O) groups excluding carboxylic acids is 1. The van der Waals surface area contributed by atoms with Crippen LogP contribution in [0.15, 0.2) is 18.5 Å². The van der Waals surface area contributed by atoms with Crippen LogP contribution < -0.4 is 10.6 Å². The number of nitrogens with two attached hydrogens (primary N) is 1. The minimum atomic E-state index is -0.358. The molecule has 2 heterocycles. The van der Waals surface area contributed by atoms with Crippen molar-refractivity contribution in [2.24, 2.45) is 5.73 Å². The molecule has 1 aliphatic heterocycles. The number of piperazine rings is 1. The summed E-state index contributed by atoms with van der Waals surface area (Å²) in [6, 6.07) is 1.42. The largest absolute Gasteiger partial charge is 0.351 e. The van der Waals surface area contributed by atoms with Gasteiger partial charge >= 0.3 is 6.03 Å². The molecule has 0 unspecified atom stereocenters. The van der Waals surface area contributed by atoms with E-state index >= 15 is 0 Å². The first-order chi connectivity index (χ1) is 7.27. The first-order valence-corrected chi connectivity index (χ1v) is 4.84. The van der Waals surface area contributed by atoms with Crippen LogP contribution in [0.2, 0.25) is 0 Å². The Morgan fingerprint density at radius 2 is 1.80 bits per heavy atom. The van der Waals surface area contributed by atoms with Gasteiger partial charge in [-0.05, 0) is 6.07 Å². The van der Waals surface area contributed by atoms with Crippen LogP contribution in [-0.4, -0.2) is 47.1 Å². The van der Waals surface area contributed by atoms with Crippen LogP contribution in [0.4, 0.5) is 10.7 Å². The number of aromatic nitrogens is 2. The molecule has 1 aromatic rings. The molecule has 1 aliphatic rings. The quantitative estimate of drug-likeness (QED) is 0.684. The van der Waals surface area contributed by atoms with Crippen molar-refractivity contribution in [3.8, 4) is 0 Å². The average Bonchev–Trinajstić information content (AvgIpc) is 2.30. The van der Waals surface area contributed by atoms with Crippen LogP contribution in [0.5, 0.6) is 0 Å². The maximum absolute atomic E-state index is 10.9. The molecular weight excluding hydrogens is 194 g/mol. The van der Waals surface area contributed by atoms with E-state index in [9.17, 15) is 4.79 Å². The summed E-state index contributed by atoms with van der Waals surface area (Å²) in [5.41, 5.74) is 5.19. The summed E-state index contributed by atoms with van der Waals surface area (Å²) in [6.45, 7) is 2.72. The standard InChI is InChI=1S/C9H13N5O/c10-8(15)13-4-6-14(7-5-13)9-11-2-1-3-12-9/h1-3H,4-7H2,(H2,10,15). The van der Waals surface area contributed by atoms with E-state index in [0.717, 1.165) is 13.1 Å². The Morgan fingerprint density at radius 3 is 2.33 bits per heavy atom. The van der Waals surface area contributed by atoms with Gasteiger partial charge in [-0.1, -0.05) is 0 Å². The molecule has 0 radical (unpaired) electrons. The second-order valence-electron chi connectivity index (χ2n) is 3.36. The van der Waals surface area contributed by atoms with Gasteiger partial charge in [-0.2, -0.15) is 0 Å². The Labute approximate surface area is 87.7 Å². The fourth-order valence-corrected chi connectivity index (χ4v) is 1.58. The van der Waals surface area contributed by atoms with Gasteiger partial charge < -0.3 is 15.5 Å². The van der Waals surface area contributed by atoms with E-state index in [4.69, 9.17) is 5.73 Å². The number of hydrogen-bond acceptors (Lipinski definition) is 4. The van der Waals surface area contributed by atoms with Gasteiger partial charge in [0.25, 0.3) is 0 Å². The molecule has 6 heteroatoms. The highest BCUT2D eigenvalue weighted by Crippen LogP contribution is 2.08. The van der Waals surface area contributed by atoms with Gasteiger partial charge in [-0.3, -0.25) is 0 Å². The molecule has 0 spiro atoms. The molecule has 2 N–H and O–H groups in total. The van der Waals surface area contributed by atoms with Gasteiger partial charge in [0.2, 0.25) is 5.95 Å². The average molecular weight is 207 g/mol. The van der Waals surface area contributed by atoms with Gasteiger partial charge in [-0.25, -0.2) is 14.8 Å². The summed E-state index contributed by atoms with van der Waals surface area (Å²) in [5, 5.41) is 0. The van der Waals surface area contributed by atoms with Crippen molar-refractivity contribution in [2.45, 2.75) is 0 Å². The molecular formula is C9H13N5O. The zero-order chi connectivity index (χ0) is 10.7. The van der Waals surface area contributed by atoms with E-state index in [-0.39, 0.29) is 6.03 Å². The highest BCUT2D eigenvalue weighted by Gasteiger charge is 2.20. The highest BCUT2D eigenvalue weighted by molar-refractivity contribution is 5.72. The molecule has 0 atom stereocenters. The van der Waals surface area contributed by atoms with Gasteiger partial charge in [0.1, 0.15) is 0 Å². The molecule has 0 saturated carbocycles. The van der Waals surface area contributed by atoms with Crippen molar-refractivity contribution in [1.82, 2.24) is 14.9 Å². The summed E-state index contributed by atoms with van der Waals surface area (Å²) in [7, 11) is 0. The molecule has 1 fully saturated rings. The van der Waals surface area contributed by atoms with Crippen LogP contribution >= 0.6 is 0 Å². The molecule has 0 aromatic carbocycles. The number of urea groups is 1. The minimum Gasteiger partial charge on any atom is -0.351 e. The van der Waals surface area contributed by atoms with E-state index in [2.05, 4.69) is 9.97 Å². The first-order valence-electron chi connectivity index (χ1n) is 4.84. The molecule has 2 rings (SSSR count). The Kier molecular flexibility index (Phi) is 2.66. The SMILES string of the molecule is NC(=O)N1CCN(c2ncccn2)CC1. The summed E-state index contributed by atoms with van der Waals surface area (Å²) in [5.74, 6) is 0.710. The lowest BCUT2D eigenvalue weighted by Crippen LogP contribution is -2.50. The monoisotopic (exact) mass is 207 g/mol. The predicted molar refractivity (Wildman–Crippen MR) is 55.4 cm³/mol. The van der Waals surface area contributed by atoms with Crippen LogP contribution in [0.25, 0.3) is 0 Å². The second kappa shape index (κ2) is 4.12. The molecule has 0 aliphatic carbocycles. The number of amides is 2. The fourth-order valence-electron chi connectivity index (χ4n) is 1.58. The summed E-state index contributed by atoms with van der Waals surface area (Å²) >= 11 is 0. The summed E-state index contributed by atoms with van der Waals surface area (Å²) in [6.07, 6.45) is 3.42. The molecule has 6 nitrogen and oxygen atoms in total. The van der Waals surface area contributed by atoms with Crippen LogP contribution in [-0.2, 0) is 0 Å². The lowest BCUT2D eigenvalue weighted by molar-refractivity contribution is 0.204. The molecule has 1 saturated heterocycles. The normalized spacial score (nSPS) is 16.5. The topological polar surface area (TPSA) is 75.4 Å². The molecule has 2 amide bonds. The van der Waals surface area contributed by atoms with Crippen molar-refractivity contribution in [1.29, 1.82) is 0 Å². The molecule has 0 bridgehead atoms. The van der Waals surface area contributed by atoms with E-state index in [1.807, 2.05) is 4.90 Å². The number of primary amides is 1. The number of carbonyl (C=O) groups is 1. The van der Waals surface area contributed by atoms with E-state index in [0.29, 0.717) is 19.0 Å². The third-order valence-electron chi connectivity index (χ3n) is 2.43. The lowest BCUT2D eigenvalue weighted by atomic mass is 10.3. The number of rotatable bonds is 1. The highest BCUT2D eigenvalue weighted by atomic mass is 16.2. The van der Waals surface area contributed by atoms with E-state index in [1.54, 1.807) is 23.4 Å².